The molecule has 2 aliphatic rings. The van der Waals surface area contributed by atoms with Gasteiger partial charge < -0.3 is 9.64 Å². The van der Waals surface area contributed by atoms with E-state index in [-0.39, 0.29) is 17.9 Å². The number of H-pyrrole nitrogens is 1. The molecule has 0 saturated carbocycles. The lowest BCUT2D eigenvalue weighted by Crippen LogP contribution is -2.30. The summed E-state index contributed by atoms with van der Waals surface area (Å²) in [7, 11) is 1.69. The zero-order valence-electron chi connectivity index (χ0n) is 14.1. The normalized spacial score (nSPS) is 22.8. The van der Waals surface area contributed by atoms with E-state index in [9.17, 15) is 4.79 Å². The number of ether oxygens (including phenoxy) is 1. The van der Waals surface area contributed by atoms with E-state index < -0.39 is 0 Å². The summed E-state index contributed by atoms with van der Waals surface area (Å²) in [5.41, 5.74) is 5.64. The van der Waals surface area contributed by atoms with Gasteiger partial charge in [-0.15, -0.1) is 0 Å². The Morgan fingerprint density at radius 3 is 2.88 bits per heavy atom. The van der Waals surface area contributed by atoms with Gasteiger partial charge in [-0.25, -0.2) is 0 Å². The molecule has 126 valence electrons. The standard InChI is InChI=1S/C18H22N4O2/c1-11-6-7-14(13-5-3-4-12(11)13)18(23)22-9-15(17(10-22)24-2)16-8-19-21-20-16/h6-8,15,17H,3-5,9-10H2,1-2H3,(H,19,20,21)/t15-,17+/m0/s1. The molecular weight excluding hydrogens is 304 g/mol. The van der Waals surface area contributed by atoms with Gasteiger partial charge in [0.25, 0.3) is 5.91 Å². The van der Waals surface area contributed by atoms with Crippen LogP contribution in [0.25, 0.3) is 0 Å². The number of nitrogens with zero attached hydrogens (tertiary/aromatic N) is 3. The third-order valence-corrected chi connectivity index (χ3v) is 5.42. The van der Waals surface area contributed by atoms with Crippen LogP contribution in [0.15, 0.2) is 18.3 Å². The van der Waals surface area contributed by atoms with Gasteiger partial charge in [0.05, 0.1) is 23.9 Å². The van der Waals surface area contributed by atoms with Gasteiger partial charge in [-0.1, -0.05) is 6.07 Å². The second-order valence-corrected chi connectivity index (χ2v) is 6.73. The summed E-state index contributed by atoms with van der Waals surface area (Å²) in [4.78, 5) is 15.0. The summed E-state index contributed by atoms with van der Waals surface area (Å²) < 4.78 is 5.60. The van der Waals surface area contributed by atoms with Gasteiger partial charge in [0.2, 0.25) is 0 Å². The summed E-state index contributed by atoms with van der Waals surface area (Å²) in [5, 5.41) is 10.7. The summed E-state index contributed by atoms with van der Waals surface area (Å²) in [6.45, 7) is 3.35. The lowest BCUT2D eigenvalue weighted by Gasteiger charge is -2.19. The zero-order chi connectivity index (χ0) is 16.7. The SMILES string of the molecule is CO[C@@H]1CN(C(=O)c2ccc(C)c3c2CCC3)C[C@H]1c1cn[nH]n1. The van der Waals surface area contributed by atoms with Gasteiger partial charge in [-0.05, 0) is 48.9 Å². The van der Waals surface area contributed by atoms with Crippen molar-refractivity contribution in [3.63, 3.8) is 0 Å². The first-order valence-corrected chi connectivity index (χ1v) is 8.48. The van der Waals surface area contributed by atoms with Gasteiger partial charge in [0.1, 0.15) is 0 Å². The number of benzene rings is 1. The smallest absolute Gasteiger partial charge is 0.254 e. The van der Waals surface area contributed by atoms with Crippen LogP contribution >= 0.6 is 0 Å². The number of hydrogen-bond donors (Lipinski definition) is 1. The van der Waals surface area contributed by atoms with E-state index in [2.05, 4.69) is 28.4 Å². The number of rotatable bonds is 3. The number of likely N-dealkylation sites (tertiary alicyclic amines) is 1. The topological polar surface area (TPSA) is 71.1 Å². The number of aromatic amines is 1. The molecule has 1 aliphatic carbocycles. The van der Waals surface area contributed by atoms with Gasteiger partial charge in [0.15, 0.2) is 0 Å². The average Bonchev–Trinajstić information content (AvgIpc) is 3.32. The second-order valence-electron chi connectivity index (χ2n) is 6.73. The average molecular weight is 326 g/mol. The summed E-state index contributed by atoms with van der Waals surface area (Å²) in [6, 6.07) is 4.07. The highest BCUT2D eigenvalue weighted by Crippen LogP contribution is 2.32. The molecule has 0 unspecified atom stereocenters. The number of nitrogens with one attached hydrogen (secondary N) is 1. The van der Waals surface area contributed by atoms with Crippen LogP contribution in [0.1, 0.15) is 45.1 Å². The predicted molar refractivity (Wildman–Crippen MR) is 89.0 cm³/mol. The highest BCUT2D eigenvalue weighted by atomic mass is 16.5. The Bertz CT molecular complexity index is 757. The van der Waals surface area contributed by atoms with Crippen LogP contribution in [-0.2, 0) is 17.6 Å². The highest BCUT2D eigenvalue weighted by Gasteiger charge is 2.38. The van der Waals surface area contributed by atoms with Crippen LogP contribution in [0.4, 0.5) is 0 Å². The molecular formula is C18H22N4O2. The van der Waals surface area contributed by atoms with Crippen LogP contribution in [-0.4, -0.2) is 52.5 Å². The Balaban J connectivity index is 1.61. The number of fused-ring (bicyclic) bond motifs is 1. The van der Waals surface area contributed by atoms with Crippen LogP contribution in [0, 0.1) is 6.92 Å². The lowest BCUT2D eigenvalue weighted by atomic mass is 9.98. The fourth-order valence-corrected chi connectivity index (χ4v) is 4.11. The minimum atomic E-state index is -0.0439. The van der Waals surface area contributed by atoms with E-state index in [1.807, 2.05) is 11.0 Å². The molecule has 2 aromatic rings. The molecule has 24 heavy (non-hydrogen) atoms. The molecule has 1 saturated heterocycles. The first-order valence-electron chi connectivity index (χ1n) is 8.48. The van der Waals surface area contributed by atoms with Crippen molar-refractivity contribution >= 4 is 5.91 Å². The number of carbonyl (C=O) groups excluding carboxylic acids is 1. The van der Waals surface area contributed by atoms with Gasteiger partial charge >= 0.3 is 0 Å². The molecule has 2 heterocycles. The fourth-order valence-electron chi connectivity index (χ4n) is 4.11. The minimum Gasteiger partial charge on any atom is -0.379 e. The van der Waals surface area contributed by atoms with E-state index in [0.29, 0.717) is 13.1 Å². The second kappa shape index (κ2) is 6.02. The van der Waals surface area contributed by atoms with E-state index in [1.54, 1.807) is 13.3 Å². The Hall–Kier alpha value is -2.21. The van der Waals surface area contributed by atoms with Crippen molar-refractivity contribution in [2.24, 2.45) is 0 Å². The number of aryl methyl sites for hydroxylation is 1. The summed E-state index contributed by atoms with van der Waals surface area (Å²) >= 11 is 0. The van der Waals surface area contributed by atoms with Crippen LogP contribution < -0.4 is 0 Å². The molecule has 1 aromatic carbocycles. The zero-order valence-corrected chi connectivity index (χ0v) is 14.1. The molecule has 6 heteroatoms. The fraction of sp³-hybridized carbons (Fsp3) is 0.500. The molecule has 4 rings (SSSR count). The minimum absolute atomic E-state index is 0.0439. The third kappa shape index (κ3) is 2.41. The maximum atomic E-state index is 13.1. The Morgan fingerprint density at radius 2 is 2.12 bits per heavy atom. The third-order valence-electron chi connectivity index (χ3n) is 5.42. The van der Waals surface area contributed by atoms with E-state index in [0.717, 1.165) is 30.5 Å². The lowest BCUT2D eigenvalue weighted by molar-refractivity contribution is 0.0713. The van der Waals surface area contributed by atoms with Crippen molar-refractivity contribution in [3.8, 4) is 0 Å². The van der Waals surface area contributed by atoms with E-state index >= 15 is 0 Å². The van der Waals surface area contributed by atoms with Crippen molar-refractivity contribution in [2.45, 2.75) is 38.2 Å². The van der Waals surface area contributed by atoms with Crippen LogP contribution in [0.5, 0.6) is 0 Å². The van der Waals surface area contributed by atoms with Crippen molar-refractivity contribution in [2.75, 3.05) is 20.2 Å². The Labute approximate surface area is 141 Å². The Morgan fingerprint density at radius 1 is 1.29 bits per heavy atom. The summed E-state index contributed by atoms with van der Waals surface area (Å²) in [5.74, 6) is 0.178. The predicted octanol–water partition coefficient (Wildman–Crippen LogP) is 1.86. The first-order chi connectivity index (χ1) is 11.7. The summed E-state index contributed by atoms with van der Waals surface area (Å²) in [6.07, 6.45) is 4.91. The highest BCUT2D eigenvalue weighted by molar-refractivity contribution is 5.96. The van der Waals surface area contributed by atoms with Crippen molar-refractivity contribution < 1.29 is 9.53 Å². The van der Waals surface area contributed by atoms with Gasteiger partial charge in [-0.3, -0.25) is 4.79 Å². The molecule has 6 nitrogen and oxygen atoms in total. The maximum absolute atomic E-state index is 13.1. The molecule has 1 amide bonds. The number of methoxy groups -OCH3 is 1. The van der Waals surface area contributed by atoms with Crippen molar-refractivity contribution in [1.29, 1.82) is 0 Å². The Kier molecular flexibility index (Phi) is 3.84. The van der Waals surface area contributed by atoms with Crippen molar-refractivity contribution in [1.82, 2.24) is 20.3 Å². The van der Waals surface area contributed by atoms with Crippen LogP contribution in [0.2, 0.25) is 0 Å². The number of carbonyl (C=O) groups is 1. The van der Waals surface area contributed by atoms with E-state index in [4.69, 9.17) is 4.74 Å². The maximum Gasteiger partial charge on any atom is 0.254 e. The molecule has 1 N–H and O–H groups in total. The number of hydrogen-bond acceptors (Lipinski definition) is 4. The largest absolute Gasteiger partial charge is 0.379 e. The van der Waals surface area contributed by atoms with Crippen molar-refractivity contribution in [3.05, 3.63) is 46.3 Å². The number of aromatic nitrogens is 3. The van der Waals surface area contributed by atoms with E-state index in [1.165, 1.54) is 16.7 Å². The van der Waals surface area contributed by atoms with Gasteiger partial charge in [-0.2, -0.15) is 15.4 Å². The molecule has 0 bridgehead atoms. The number of amides is 1. The molecule has 1 aliphatic heterocycles. The molecule has 1 aromatic heterocycles. The molecule has 2 atom stereocenters. The molecule has 1 fully saturated rings. The molecule has 0 radical (unpaired) electrons. The molecule has 0 spiro atoms. The first kappa shape index (κ1) is 15.3. The monoisotopic (exact) mass is 326 g/mol. The quantitative estimate of drug-likeness (QED) is 0.934. The van der Waals surface area contributed by atoms with Gasteiger partial charge in [0, 0.05) is 25.8 Å². The van der Waals surface area contributed by atoms with Crippen LogP contribution in [0.3, 0.4) is 0 Å².